The molecule has 0 unspecified atom stereocenters. The van der Waals surface area contributed by atoms with Crippen LogP contribution in [-0.4, -0.2) is 49.1 Å². The Bertz CT molecular complexity index is 371. The first-order valence-electron chi connectivity index (χ1n) is 5.89. The molecule has 0 saturated carbocycles. The van der Waals surface area contributed by atoms with Crippen LogP contribution in [0.1, 0.15) is 13.8 Å². The lowest BCUT2D eigenvalue weighted by Crippen LogP contribution is -2.42. The number of rotatable bonds is 8. The van der Waals surface area contributed by atoms with E-state index in [-0.39, 0.29) is 25.6 Å². The molecule has 0 aliphatic rings. The number of hydrogen-bond donors (Lipinski definition) is 2. The SMILES string of the molecule is C=CC(=O)OCCNC(=O)NCC(=O)OC(C)(C)CCl. The van der Waals surface area contributed by atoms with Crippen molar-refractivity contribution in [3.63, 3.8) is 0 Å². The van der Waals surface area contributed by atoms with Crippen LogP contribution >= 0.6 is 11.6 Å². The molecule has 2 N–H and O–H groups in total. The zero-order valence-corrected chi connectivity index (χ0v) is 12.3. The fraction of sp³-hybridized carbons (Fsp3) is 0.583. The van der Waals surface area contributed by atoms with Crippen molar-refractivity contribution in [1.29, 1.82) is 0 Å². The van der Waals surface area contributed by atoms with Gasteiger partial charge in [0.2, 0.25) is 0 Å². The summed E-state index contributed by atoms with van der Waals surface area (Å²) < 4.78 is 9.66. The Hall–Kier alpha value is -1.76. The Kier molecular flexibility index (Phi) is 8.38. The molecule has 0 aromatic heterocycles. The molecule has 20 heavy (non-hydrogen) atoms. The maximum absolute atomic E-state index is 11.4. The molecule has 0 atom stereocenters. The topological polar surface area (TPSA) is 93.7 Å². The molecule has 0 heterocycles. The summed E-state index contributed by atoms with van der Waals surface area (Å²) in [4.78, 5) is 33.3. The van der Waals surface area contributed by atoms with Gasteiger partial charge in [0.05, 0.1) is 12.4 Å². The van der Waals surface area contributed by atoms with Crippen LogP contribution in [0.5, 0.6) is 0 Å². The minimum absolute atomic E-state index is 0.0159. The fourth-order valence-corrected chi connectivity index (χ4v) is 1.02. The first-order chi connectivity index (χ1) is 9.30. The Balaban J connectivity index is 3.75. The normalized spacial score (nSPS) is 10.3. The zero-order valence-electron chi connectivity index (χ0n) is 11.5. The standard InChI is InChI=1S/C12H19ClN2O5/c1-4-9(16)19-6-5-14-11(18)15-7-10(17)20-12(2,3)8-13/h4H,1,5-8H2,2-3H3,(H2,14,15,18). The average Bonchev–Trinajstić information content (AvgIpc) is 2.40. The third-order valence-electron chi connectivity index (χ3n) is 1.90. The Morgan fingerprint density at radius 1 is 1.30 bits per heavy atom. The van der Waals surface area contributed by atoms with Crippen molar-refractivity contribution in [2.24, 2.45) is 0 Å². The van der Waals surface area contributed by atoms with Crippen LogP contribution in [0.4, 0.5) is 4.79 Å². The van der Waals surface area contributed by atoms with E-state index < -0.39 is 23.6 Å². The largest absolute Gasteiger partial charge is 0.461 e. The van der Waals surface area contributed by atoms with Gasteiger partial charge in [0.1, 0.15) is 18.8 Å². The van der Waals surface area contributed by atoms with Gasteiger partial charge in [0.25, 0.3) is 0 Å². The predicted octanol–water partition coefficient (Wildman–Crippen LogP) is 0.575. The van der Waals surface area contributed by atoms with Crippen LogP contribution in [0.2, 0.25) is 0 Å². The number of carbonyl (C=O) groups excluding carboxylic acids is 3. The third kappa shape index (κ3) is 9.21. The van der Waals surface area contributed by atoms with E-state index in [1.165, 1.54) is 0 Å². The van der Waals surface area contributed by atoms with Crippen molar-refractivity contribution in [2.45, 2.75) is 19.4 Å². The average molecular weight is 307 g/mol. The molecule has 2 amide bonds. The molecule has 0 bridgehead atoms. The third-order valence-corrected chi connectivity index (χ3v) is 2.55. The van der Waals surface area contributed by atoms with Gasteiger partial charge >= 0.3 is 18.0 Å². The van der Waals surface area contributed by atoms with Crippen molar-refractivity contribution in [2.75, 3.05) is 25.6 Å². The number of halogens is 1. The number of ether oxygens (including phenoxy) is 2. The van der Waals surface area contributed by atoms with Crippen LogP contribution < -0.4 is 10.6 Å². The summed E-state index contributed by atoms with van der Waals surface area (Å²) in [5.74, 6) is -1.01. The number of hydrogen-bond acceptors (Lipinski definition) is 5. The highest BCUT2D eigenvalue weighted by molar-refractivity contribution is 6.18. The van der Waals surface area contributed by atoms with E-state index in [0.717, 1.165) is 6.08 Å². The highest BCUT2D eigenvalue weighted by atomic mass is 35.5. The lowest BCUT2D eigenvalue weighted by atomic mass is 10.2. The number of nitrogens with one attached hydrogen (secondary N) is 2. The molecular weight excluding hydrogens is 288 g/mol. The fourth-order valence-electron chi connectivity index (χ4n) is 0.962. The summed E-state index contributed by atoms with van der Waals surface area (Å²) in [5.41, 5.74) is -0.782. The maximum Gasteiger partial charge on any atom is 0.330 e. The minimum Gasteiger partial charge on any atom is -0.461 e. The summed E-state index contributed by atoms with van der Waals surface area (Å²) in [5, 5.41) is 4.70. The molecule has 0 fully saturated rings. The van der Waals surface area contributed by atoms with E-state index in [1.807, 2.05) is 0 Å². The summed E-state index contributed by atoms with van der Waals surface area (Å²) >= 11 is 5.60. The van der Waals surface area contributed by atoms with E-state index in [2.05, 4.69) is 21.9 Å². The molecule has 0 aliphatic carbocycles. The van der Waals surface area contributed by atoms with Gasteiger partial charge in [-0.2, -0.15) is 0 Å². The van der Waals surface area contributed by atoms with Crippen molar-refractivity contribution >= 4 is 29.6 Å². The summed E-state index contributed by atoms with van der Waals surface area (Å²) in [7, 11) is 0. The van der Waals surface area contributed by atoms with E-state index in [1.54, 1.807) is 13.8 Å². The summed E-state index contributed by atoms with van der Waals surface area (Å²) in [6.45, 7) is 6.40. The molecular formula is C12H19ClN2O5. The van der Waals surface area contributed by atoms with Gasteiger partial charge in [-0.15, -0.1) is 11.6 Å². The van der Waals surface area contributed by atoms with Gasteiger partial charge in [0.15, 0.2) is 0 Å². The molecule has 0 spiro atoms. The molecule has 8 heteroatoms. The number of urea groups is 1. The summed E-state index contributed by atoms with van der Waals surface area (Å²) in [6, 6.07) is -0.569. The minimum atomic E-state index is -0.782. The Labute approximate surface area is 122 Å². The van der Waals surface area contributed by atoms with Crippen molar-refractivity contribution in [1.82, 2.24) is 10.6 Å². The molecule has 0 aromatic rings. The highest BCUT2D eigenvalue weighted by Crippen LogP contribution is 2.10. The van der Waals surface area contributed by atoms with E-state index >= 15 is 0 Å². The zero-order chi connectivity index (χ0) is 15.6. The molecule has 114 valence electrons. The molecule has 0 aromatic carbocycles. The van der Waals surface area contributed by atoms with Crippen LogP contribution in [0.25, 0.3) is 0 Å². The van der Waals surface area contributed by atoms with Crippen molar-refractivity contribution in [3.05, 3.63) is 12.7 Å². The van der Waals surface area contributed by atoms with E-state index in [0.29, 0.717) is 0 Å². The summed E-state index contributed by atoms with van der Waals surface area (Å²) in [6.07, 6.45) is 1.02. The number of alkyl halides is 1. The van der Waals surface area contributed by atoms with Crippen molar-refractivity contribution < 1.29 is 23.9 Å². The smallest absolute Gasteiger partial charge is 0.330 e. The lowest BCUT2D eigenvalue weighted by Gasteiger charge is -2.22. The second-order valence-electron chi connectivity index (χ2n) is 4.35. The van der Waals surface area contributed by atoms with Crippen LogP contribution in [0.3, 0.4) is 0 Å². The quantitative estimate of drug-likeness (QED) is 0.296. The van der Waals surface area contributed by atoms with Crippen molar-refractivity contribution in [3.8, 4) is 0 Å². The monoisotopic (exact) mass is 306 g/mol. The number of amides is 2. The van der Waals surface area contributed by atoms with Crippen LogP contribution in [0, 0.1) is 0 Å². The maximum atomic E-state index is 11.4. The number of esters is 2. The lowest BCUT2D eigenvalue weighted by molar-refractivity contribution is -0.153. The molecule has 0 saturated heterocycles. The van der Waals surface area contributed by atoms with Gasteiger partial charge in [-0.05, 0) is 13.8 Å². The first kappa shape index (κ1) is 18.2. The van der Waals surface area contributed by atoms with Gasteiger partial charge in [-0.3, -0.25) is 4.79 Å². The molecule has 0 radical (unpaired) electrons. The Morgan fingerprint density at radius 3 is 2.50 bits per heavy atom. The Morgan fingerprint density at radius 2 is 1.95 bits per heavy atom. The van der Waals surface area contributed by atoms with E-state index in [9.17, 15) is 14.4 Å². The molecule has 0 rings (SSSR count). The first-order valence-corrected chi connectivity index (χ1v) is 6.43. The molecule has 0 aliphatic heterocycles. The van der Waals surface area contributed by atoms with Crippen LogP contribution in [-0.2, 0) is 19.1 Å². The second-order valence-corrected chi connectivity index (χ2v) is 4.62. The highest BCUT2D eigenvalue weighted by Gasteiger charge is 2.21. The van der Waals surface area contributed by atoms with Gasteiger partial charge in [0, 0.05) is 6.08 Å². The predicted molar refractivity (Wildman–Crippen MR) is 73.4 cm³/mol. The number of carbonyl (C=O) groups is 3. The van der Waals surface area contributed by atoms with Gasteiger partial charge in [-0.25, -0.2) is 9.59 Å². The van der Waals surface area contributed by atoms with Gasteiger partial charge in [-0.1, -0.05) is 6.58 Å². The molecule has 7 nitrogen and oxygen atoms in total. The van der Waals surface area contributed by atoms with Gasteiger partial charge < -0.3 is 20.1 Å². The van der Waals surface area contributed by atoms with Crippen LogP contribution in [0.15, 0.2) is 12.7 Å². The van der Waals surface area contributed by atoms with E-state index in [4.69, 9.17) is 16.3 Å². The second kappa shape index (κ2) is 9.19.